The standard InChI is InChI=1S/C21H32ClN5O4/c1-21(2,3)31-20(30)25-16-10-13(12-27(4)5)6-8-15(16)24-18(28)19(29)26-17-9-7-14(22)11-23-17/h7,9,11,13,15-16H,6,8,10,12H2,1-5H3,(H,24,28)(H,25,30)(H,23,26,29)/t13-,15-,16+/m0/s1. The Hall–Kier alpha value is -2.39. The average Bonchev–Trinajstić information content (AvgIpc) is 2.63. The highest BCUT2D eigenvalue weighted by atomic mass is 35.5. The van der Waals surface area contributed by atoms with Gasteiger partial charge in [0.25, 0.3) is 0 Å². The molecule has 10 heteroatoms. The number of hydrogen-bond donors (Lipinski definition) is 3. The number of nitrogens with one attached hydrogen (secondary N) is 3. The first-order chi connectivity index (χ1) is 14.4. The second kappa shape index (κ2) is 10.8. The number of halogens is 1. The van der Waals surface area contributed by atoms with Crippen LogP contribution in [0.3, 0.4) is 0 Å². The topological polar surface area (TPSA) is 113 Å². The van der Waals surface area contributed by atoms with Crippen molar-refractivity contribution in [2.45, 2.75) is 57.7 Å². The van der Waals surface area contributed by atoms with Crippen molar-refractivity contribution in [3.05, 3.63) is 23.4 Å². The largest absolute Gasteiger partial charge is 0.444 e. The van der Waals surface area contributed by atoms with Gasteiger partial charge in [-0.15, -0.1) is 0 Å². The van der Waals surface area contributed by atoms with E-state index in [-0.39, 0.29) is 17.9 Å². The molecule has 1 fully saturated rings. The summed E-state index contributed by atoms with van der Waals surface area (Å²) in [6.07, 6.45) is 3.01. The average molecular weight is 454 g/mol. The molecule has 31 heavy (non-hydrogen) atoms. The van der Waals surface area contributed by atoms with Crippen LogP contribution in [0.15, 0.2) is 18.3 Å². The Kier molecular flexibility index (Phi) is 8.64. The summed E-state index contributed by atoms with van der Waals surface area (Å²) in [5, 5.41) is 8.49. The second-order valence-corrected chi connectivity index (χ2v) is 9.53. The van der Waals surface area contributed by atoms with Crippen LogP contribution in [0.4, 0.5) is 10.6 Å². The van der Waals surface area contributed by atoms with Crippen LogP contribution < -0.4 is 16.0 Å². The summed E-state index contributed by atoms with van der Waals surface area (Å²) >= 11 is 5.78. The van der Waals surface area contributed by atoms with Gasteiger partial charge in [-0.05, 0) is 72.2 Å². The Morgan fingerprint density at radius 3 is 2.42 bits per heavy atom. The number of carbonyl (C=O) groups is 3. The van der Waals surface area contributed by atoms with Gasteiger partial charge in [0, 0.05) is 18.8 Å². The third kappa shape index (κ3) is 8.70. The van der Waals surface area contributed by atoms with Crippen LogP contribution in [-0.4, -0.2) is 66.1 Å². The lowest BCUT2D eigenvalue weighted by atomic mass is 9.82. The molecule has 1 aliphatic carbocycles. The predicted octanol–water partition coefficient (Wildman–Crippen LogP) is 2.41. The van der Waals surface area contributed by atoms with Crippen LogP contribution in [0.25, 0.3) is 0 Å². The molecule has 1 saturated carbocycles. The van der Waals surface area contributed by atoms with Crippen LogP contribution in [0.2, 0.25) is 5.02 Å². The van der Waals surface area contributed by atoms with Crippen LogP contribution >= 0.6 is 11.6 Å². The second-order valence-electron chi connectivity index (χ2n) is 9.09. The fourth-order valence-corrected chi connectivity index (χ4v) is 3.70. The first-order valence-electron chi connectivity index (χ1n) is 10.3. The molecule has 0 unspecified atom stereocenters. The SMILES string of the molecule is CN(C)C[C@H]1CC[C@H](NC(=O)C(=O)Nc2ccc(Cl)cn2)[C@H](NC(=O)OC(C)(C)C)C1. The maximum Gasteiger partial charge on any atom is 0.407 e. The van der Waals surface area contributed by atoms with Crippen molar-refractivity contribution in [2.75, 3.05) is 26.0 Å². The fraction of sp³-hybridized carbons (Fsp3) is 0.619. The van der Waals surface area contributed by atoms with Gasteiger partial charge in [-0.1, -0.05) is 11.6 Å². The van der Waals surface area contributed by atoms with Gasteiger partial charge in [0.05, 0.1) is 11.1 Å². The number of ether oxygens (including phenoxy) is 1. The third-order valence-electron chi connectivity index (χ3n) is 4.78. The number of nitrogens with zero attached hydrogens (tertiary/aromatic N) is 2. The molecule has 1 aromatic heterocycles. The predicted molar refractivity (Wildman–Crippen MR) is 119 cm³/mol. The quantitative estimate of drug-likeness (QED) is 0.590. The molecule has 0 saturated heterocycles. The van der Waals surface area contributed by atoms with Crippen molar-refractivity contribution >= 4 is 35.3 Å². The zero-order chi connectivity index (χ0) is 23.2. The number of hydrogen-bond acceptors (Lipinski definition) is 6. The molecule has 3 atom stereocenters. The van der Waals surface area contributed by atoms with Crippen molar-refractivity contribution in [1.82, 2.24) is 20.5 Å². The Morgan fingerprint density at radius 2 is 1.84 bits per heavy atom. The molecule has 1 heterocycles. The van der Waals surface area contributed by atoms with Gasteiger partial charge in [0.2, 0.25) is 0 Å². The monoisotopic (exact) mass is 453 g/mol. The van der Waals surface area contributed by atoms with Crippen molar-refractivity contribution in [3.8, 4) is 0 Å². The molecule has 2 rings (SSSR count). The van der Waals surface area contributed by atoms with E-state index >= 15 is 0 Å². The van der Waals surface area contributed by atoms with Gasteiger partial charge in [0.15, 0.2) is 0 Å². The Balaban J connectivity index is 2.02. The number of rotatable bonds is 5. The molecular formula is C21H32ClN5O4. The number of pyridine rings is 1. The highest BCUT2D eigenvalue weighted by Crippen LogP contribution is 2.26. The molecule has 0 bridgehead atoms. The van der Waals surface area contributed by atoms with Gasteiger partial charge < -0.3 is 25.6 Å². The normalized spacial score (nSPS) is 21.3. The van der Waals surface area contributed by atoms with E-state index in [1.54, 1.807) is 26.8 Å². The number of amides is 3. The molecule has 0 radical (unpaired) electrons. The van der Waals surface area contributed by atoms with E-state index in [9.17, 15) is 14.4 Å². The molecule has 0 spiro atoms. The van der Waals surface area contributed by atoms with Gasteiger partial charge in [0.1, 0.15) is 11.4 Å². The highest BCUT2D eigenvalue weighted by molar-refractivity contribution is 6.39. The number of aromatic nitrogens is 1. The van der Waals surface area contributed by atoms with Gasteiger partial charge in [-0.2, -0.15) is 0 Å². The maximum absolute atomic E-state index is 12.5. The van der Waals surface area contributed by atoms with Gasteiger partial charge >= 0.3 is 17.9 Å². The summed E-state index contributed by atoms with van der Waals surface area (Å²) in [4.78, 5) is 43.1. The first-order valence-corrected chi connectivity index (χ1v) is 10.7. The van der Waals surface area contributed by atoms with E-state index in [0.717, 1.165) is 13.0 Å². The molecule has 0 aromatic carbocycles. The minimum Gasteiger partial charge on any atom is -0.444 e. The molecule has 172 valence electrons. The summed E-state index contributed by atoms with van der Waals surface area (Å²) in [6, 6.07) is 2.34. The summed E-state index contributed by atoms with van der Waals surface area (Å²) < 4.78 is 5.37. The first kappa shape index (κ1) is 24.9. The van der Waals surface area contributed by atoms with Crippen LogP contribution in [-0.2, 0) is 14.3 Å². The van der Waals surface area contributed by atoms with Crippen LogP contribution in [0.5, 0.6) is 0 Å². The molecule has 3 amide bonds. The number of anilines is 1. The lowest BCUT2D eigenvalue weighted by Crippen LogP contribution is -2.57. The zero-order valence-electron chi connectivity index (χ0n) is 18.7. The number of alkyl carbamates (subject to hydrolysis) is 1. The summed E-state index contributed by atoms with van der Waals surface area (Å²) in [6.45, 7) is 6.24. The molecule has 0 aliphatic heterocycles. The Morgan fingerprint density at radius 1 is 1.13 bits per heavy atom. The summed E-state index contributed by atoms with van der Waals surface area (Å²) in [5.41, 5.74) is -0.633. The van der Waals surface area contributed by atoms with E-state index in [2.05, 4.69) is 25.8 Å². The molecule has 3 N–H and O–H groups in total. The van der Waals surface area contributed by atoms with E-state index in [0.29, 0.717) is 23.8 Å². The summed E-state index contributed by atoms with van der Waals surface area (Å²) in [7, 11) is 4.00. The van der Waals surface area contributed by atoms with Crippen LogP contribution in [0, 0.1) is 5.92 Å². The van der Waals surface area contributed by atoms with E-state index in [4.69, 9.17) is 16.3 Å². The minimum absolute atomic E-state index is 0.225. The van der Waals surface area contributed by atoms with E-state index in [1.807, 2.05) is 14.1 Å². The lowest BCUT2D eigenvalue weighted by molar-refractivity contribution is -0.137. The van der Waals surface area contributed by atoms with Crippen LogP contribution in [0.1, 0.15) is 40.0 Å². The minimum atomic E-state index is -0.832. The zero-order valence-corrected chi connectivity index (χ0v) is 19.5. The molecule has 9 nitrogen and oxygen atoms in total. The number of carbonyl (C=O) groups excluding carboxylic acids is 3. The van der Waals surface area contributed by atoms with Crippen molar-refractivity contribution in [3.63, 3.8) is 0 Å². The molecular weight excluding hydrogens is 422 g/mol. The van der Waals surface area contributed by atoms with Gasteiger partial charge in [-0.3, -0.25) is 9.59 Å². The fourth-order valence-electron chi connectivity index (χ4n) is 3.59. The van der Waals surface area contributed by atoms with Crippen molar-refractivity contribution < 1.29 is 19.1 Å². The van der Waals surface area contributed by atoms with Crippen molar-refractivity contribution in [2.24, 2.45) is 5.92 Å². The maximum atomic E-state index is 12.5. The third-order valence-corrected chi connectivity index (χ3v) is 5.00. The molecule has 1 aliphatic rings. The van der Waals surface area contributed by atoms with Gasteiger partial charge in [-0.25, -0.2) is 9.78 Å². The smallest absolute Gasteiger partial charge is 0.407 e. The molecule has 1 aromatic rings. The lowest BCUT2D eigenvalue weighted by Gasteiger charge is -2.38. The van der Waals surface area contributed by atoms with E-state index in [1.165, 1.54) is 12.3 Å². The van der Waals surface area contributed by atoms with E-state index < -0.39 is 23.5 Å². The van der Waals surface area contributed by atoms with Crippen molar-refractivity contribution in [1.29, 1.82) is 0 Å². The Labute approximate surface area is 188 Å². The summed E-state index contributed by atoms with van der Waals surface area (Å²) in [5.74, 6) is -1.04. The Bertz CT molecular complexity index is 779. The highest BCUT2D eigenvalue weighted by Gasteiger charge is 2.34.